The van der Waals surface area contributed by atoms with E-state index in [9.17, 15) is 9.59 Å². The average molecular weight is 287 g/mol. The molecule has 2 rings (SSSR count). The summed E-state index contributed by atoms with van der Waals surface area (Å²) < 4.78 is 1.59. The number of nitrogens with one attached hydrogen (secondary N) is 1. The number of primary amides is 1. The Kier molecular flexibility index (Phi) is 4.55. The first kappa shape index (κ1) is 14.6. The molecule has 5 N–H and O–H groups in total. The molecular formula is C14H17N5O2. The zero-order chi connectivity index (χ0) is 15.2. The fraction of sp³-hybridized carbons (Fsp3) is 0.214. The van der Waals surface area contributed by atoms with Gasteiger partial charge in [0.1, 0.15) is 0 Å². The minimum absolute atomic E-state index is 0.116. The van der Waals surface area contributed by atoms with Crippen LogP contribution in [0.15, 0.2) is 36.7 Å². The van der Waals surface area contributed by atoms with Gasteiger partial charge in [-0.3, -0.25) is 14.3 Å². The highest BCUT2D eigenvalue weighted by Crippen LogP contribution is 2.16. The summed E-state index contributed by atoms with van der Waals surface area (Å²) in [5.41, 5.74) is 12.4. The number of carbonyl (C=O) groups excluding carboxylic acids is 2. The number of aromatic nitrogens is 2. The fourth-order valence-electron chi connectivity index (χ4n) is 1.84. The normalized spacial score (nSPS) is 10.3. The second kappa shape index (κ2) is 6.56. The van der Waals surface area contributed by atoms with Crippen LogP contribution >= 0.6 is 0 Å². The summed E-state index contributed by atoms with van der Waals surface area (Å²) in [5.74, 6) is -0.631. The molecule has 0 atom stereocenters. The molecule has 0 unspecified atom stereocenters. The lowest BCUT2D eigenvalue weighted by Crippen LogP contribution is -2.13. The molecule has 0 saturated heterocycles. The SMILES string of the molecule is NC(=O)c1cnn(CCCC(=O)Nc2ccccc2N)c1. The number of nitrogens with two attached hydrogens (primary N) is 2. The van der Waals surface area contributed by atoms with Gasteiger partial charge >= 0.3 is 0 Å². The number of nitrogen functional groups attached to an aromatic ring is 1. The molecule has 0 aliphatic heterocycles. The smallest absolute Gasteiger partial charge is 0.251 e. The summed E-state index contributed by atoms with van der Waals surface area (Å²) in [4.78, 5) is 22.7. The molecular weight excluding hydrogens is 270 g/mol. The Morgan fingerprint density at radius 3 is 2.71 bits per heavy atom. The van der Waals surface area contributed by atoms with Crippen molar-refractivity contribution in [3.63, 3.8) is 0 Å². The Hall–Kier alpha value is -2.83. The van der Waals surface area contributed by atoms with E-state index < -0.39 is 5.91 Å². The van der Waals surface area contributed by atoms with E-state index in [1.807, 2.05) is 0 Å². The first-order valence-corrected chi connectivity index (χ1v) is 6.53. The Morgan fingerprint density at radius 1 is 1.29 bits per heavy atom. The van der Waals surface area contributed by atoms with E-state index in [0.29, 0.717) is 36.3 Å². The van der Waals surface area contributed by atoms with E-state index in [1.165, 1.54) is 6.20 Å². The van der Waals surface area contributed by atoms with E-state index in [-0.39, 0.29) is 5.91 Å². The number of hydrogen-bond donors (Lipinski definition) is 3. The number of aryl methyl sites for hydroxylation is 1. The second-order valence-electron chi connectivity index (χ2n) is 4.60. The van der Waals surface area contributed by atoms with Crippen LogP contribution < -0.4 is 16.8 Å². The van der Waals surface area contributed by atoms with Crippen molar-refractivity contribution >= 4 is 23.2 Å². The van der Waals surface area contributed by atoms with Crippen LogP contribution in [-0.4, -0.2) is 21.6 Å². The lowest BCUT2D eigenvalue weighted by atomic mass is 10.2. The quantitative estimate of drug-likeness (QED) is 0.687. The van der Waals surface area contributed by atoms with Crippen LogP contribution in [0.2, 0.25) is 0 Å². The van der Waals surface area contributed by atoms with Crippen molar-refractivity contribution in [2.75, 3.05) is 11.1 Å². The largest absolute Gasteiger partial charge is 0.397 e. The van der Waals surface area contributed by atoms with Crippen molar-refractivity contribution in [2.45, 2.75) is 19.4 Å². The summed E-state index contributed by atoms with van der Waals surface area (Å²) in [6, 6.07) is 7.09. The Labute approximate surface area is 121 Å². The predicted molar refractivity (Wildman–Crippen MR) is 79.5 cm³/mol. The summed E-state index contributed by atoms with van der Waals surface area (Å²) in [6.07, 6.45) is 3.90. The highest BCUT2D eigenvalue weighted by molar-refractivity contribution is 5.93. The van der Waals surface area contributed by atoms with Crippen LogP contribution in [0.5, 0.6) is 0 Å². The third-order valence-electron chi connectivity index (χ3n) is 2.94. The standard InChI is InChI=1S/C14H17N5O2/c15-11-4-1-2-5-12(11)18-13(20)6-3-7-19-9-10(8-17-19)14(16)21/h1-2,4-5,8-9H,3,6-7,15H2,(H2,16,21)(H,18,20). The van der Waals surface area contributed by atoms with Gasteiger partial charge in [0.15, 0.2) is 0 Å². The molecule has 0 bridgehead atoms. The van der Waals surface area contributed by atoms with Crippen molar-refractivity contribution in [3.8, 4) is 0 Å². The number of nitrogens with zero attached hydrogens (tertiary/aromatic N) is 2. The number of amides is 2. The van der Waals surface area contributed by atoms with Crippen molar-refractivity contribution in [1.29, 1.82) is 0 Å². The molecule has 2 aromatic rings. The highest BCUT2D eigenvalue weighted by Gasteiger charge is 2.06. The Morgan fingerprint density at radius 2 is 2.05 bits per heavy atom. The number of benzene rings is 1. The number of rotatable bonds is 6. The Bertz CT molecular complexity index is 650. The third-order valence-corrected chi connectivity index (χ3v) is 2.94. The van der Waals surface area contributed by atoms with Crippen LogP contribution in [0.3, 0.4) is 0 Å². The molecule has 0 saturated carbocycles. The van der Waals surface area contributed by atoms with E-state index in [2.05, 4.69) is 10.4 Å². The maximum atomic E-state index is 11.8. The van der Waals surface area contributed by atoms with Crippen LogP contribution in [0.25, 0.3) is 0 Å². The molecule has 0 radical (unpaired) electrons. The van der Waals surface area contributed by atoms with Crippen molar-refractivity contribution in [3.05, 3.63) is 42.2 Å². The van der Waals surface area contributed by atoms with E-state index >= 15 is 0 Å². The average Bonchev–Trinajstić information content (AvgIpc) is 2.90. The fourth-order valence-corrected chi connectivity index (χ4v) is 1.84. The molecule has 7 heteroatoms. The van der Waals surface area contributed by atoms with Gasteiger partial charge in [0.05, 0.1) is 23.1 Å². The number of carbonyl (C=O) groups is 2. The van der Waals surface area contributed by atoms with Gasteiger partial charge in [-0.15, -0.1) is 0 Å². The second-order valence-corrected chi connectivity index (χ2v) is 4.60. The van der Waals surface area contributed by atoms with Crippen molar-refractivity contribution in [1.82, 2.24) is 9.78 Å². The van der Waals surface area contributed by atoms with E-state index in [0.717, 1.165) is 0 Å². The molecule has 0 aliphatic rings. The molecule has 0 fully saturated rings. The summed E-state index contributed by atoms with van der Waals surface area (Å²) in [5, 5.41) is 6.75. The molecule has 1 aromatic heterocycles. The molecule has 110 valence electrons. The summed E-state index contributed by atoms with van der Waals surface area (Å²) >= 11 is 0. The number of hydrogen-bond acceptors (Lipinski definition) is 4. The zero-order valence-electron chi connectivity index (χ0n) is 11.5. The van der Waals surface area contributed by atoms with E-state index in [4.69, 9.17) is 11.5 Å². The lowest BCUT2D eigenvalue weighted by Gasteiger charge is -2.07. The molecule has 7 nitrogen and oxygen atoms in total. The Balaban J connectivity index is 1.79. The van der Waals surface area contributed by atoms with Gasteiger partial charge in [-0.25, -0.2) is 0 Å². The molecule has 1 heterocycles. The van der Waals surface area contributed by atoms with Crippen molar-refractivity contribution in [2.24, 2.45) is 5.73 Å². The summed E-state index contributed by atoms with van der Waals surface area (Å²) in [7, 11) is 0. The van der Waals surface area contributed by atoms with Crippen LogP contribution in [-0.2, 0) is 11.3 Å². The lowest BCUT2D eigenvalue weighted by molar-refractivity contribution is -0.116. The number of anilines is 2. The van der Waals surface area contributed by atoms with Gasteiger partial charge in [-0.05, 0) is 18.6 Å². The monoisotopic (exact) mass is 287 g/mol. The van der Waals surface area contributed by atoms with E-state index in [1.54, 1.807) is 35.1 Å². The van der Waals surface area contributed by atoms with Crippen LogP contribution in [0, 0.1) is 0 Å². The van der Waals surface area contributed by atoms with Crippen LogP contribution in [0.4, 0.5) is 11.4 Å². The van der Waals surface area contributed by atoms with Gasteiger partial charge in [0.25, 0.3) is 5.91 Å². The maximum Gasteiger partial charge on any atom is 0.251 e. The summed E-state index contributed by atoms with van der Waals surface area (Å²) in [6.45, 7) is 0.533. The third kappa shape index (κ3) is 4.07. The first-order chi connectivity index (χ1) is 10.1. The minimum atomic E-state index is -0.515. The molecule has 1 aromatic carbocycles. The molecule has 2 amide bonds. The van der Waals surface area contributed by atoms with Crippen molar-refractivity contribution < 1.29 is 9.59 Å². The van der Waals surface area contributed by atoms with Gasteiger partial charge in [0.2, 0.25) is 5.91 Å². The predicted octanol–water partition coefficient (Wildman–Crippen LogP) is 0.983. The molecule has 0 spiro atoms. The van der Waals surface area contributed by atoms with Crippen LogP contribution in [0.1, 0.15) is 23.2 Å². The van der Waals surface area contributed by atoms with Gasteiger partial charge in [0, 0.05) is 19.2 Å². The number of para-hydroxylation sites is 2. The highest BCUT2D eigenvalue weighted by atomic mass is 16.2. The maximum absolute atomic E-state index is 11.8. The first-order valence-electron chi connectivity index (χ1n) is 6.53. The topological polar surface area (TPSA) is 116 Å². The van der Waals surface area contributed by atoms with Gasteiger partial charge < -0.3 is 16.8 Å². The molecule has 0 aliphatic carbocycles. The minimum Gasteiger partial charge on any atom is -0.397 e. The molecule has 21 heavy (non-hydrogen) atoms. The van der Waals surface area contributed by atoms with Gasteiger partial charge in [-0.2, -0.15) is 5.10 Å². The van der Waals surface area contributed by atoms with Gasteiger partial charge in [-0.1, -0.05) is 12.1 Å². The zero-order valence-corrected chi connectivity index (χ0v) is 11.5.